The minimum atomic E-state index is -4.31. The van der Waals surface area contributed by atoms with Crippen molar-refractivity contribution >= 4 is 5.91 Å². The van der Waals surface area contributed by atoms with Gasteiger partial charge < -0.3 is 10.2 Å². The number of rotatable bonds is 5. The molecule has 1 aliphatic carbocycles. The van der Waals surface area contributed by atoms with Crippen molar-refractivity contribution in [2.24, 2.45) is 5.92 Å². The topological polar surface area (TPSA) is 32.3 Å². The molecule has 6 heteroatoms. The number of nitrogens with one attached hydrogen (secondary N) is 1. The average Bonchev–Trinajstić information content (AvgIpc) is 3.44. The van der Waals surface area contributed by atoms with Crippen LogP contribution in [0.1, 0.15) is 49.7 Å². The molecule has 1 saturated carbocycles. The fourth-order valence-electron chi connectivity index (χ4n) is 3.48. The second-order valence-corrected chi connectivity index (χ2v) is 7.31. The molecule has 0 bridgehead atoms. The first-order valence-electron chi connectivity index (χ1n) is 9.03. The summed E-state index contributed by atoms with van der Waals surface area (Å²) in [5.74, 6) is 0.127. The van der Waals surface area contributed by atoms with Gasteiger partial charge >= 0.3 is 6.18 Å². The van der Waals surface area contributed by atoms with Crippen LogP contribution in [0.2, 0.25) is 0 Å². The molecular weight excluding hydrogens is 329 g/mol. The third-order valence-electron chi connectivity index (χ3n) is 5.35. The van der Waals surface area contributed by atoms with Gasteiger partial charge in [0.05, 0.1) is 5.56 Å². The van der Waals surface area contributed by atoms with E-state index >= 15 is 0 Å². The maximum atomic E-state index is 12.6. The molecule has 1 N–H and O–H groups in total. The molecule has 1 unspecified atom stereocenters. The summed E-state index contributed by atoms with van der Waals surface area (Å²) in [5.41, 5.74) is 0.159. The summed E-state index contributed by atoms with van der Waals surface area (Å²) in [7, 11) is 0. The van der Waals surface area contributed by atoms with Crippen LogP contribution in [0, 0.1) is 5.92 Å². The predicted octanol–water partition coefficient (Wildman–Crippen LogP) is 3.80. The number of likely N-dealkylation sites (tertiary alicyclic amines) is 1. The lowest BCUT2D eigenvalue weighted by Gasteiger charge is -2.31. The van der Waals surface area contributed by atoms with E-state index in [0.29, 0.717) is 6.54 Å². The number of halogens is 3. The third kappa shape index (κ3) is 4.75. The lowest BCUT2D eigenvalue weighted by Crippen LogP contribution is -2.42. The number of alkyl halides is 3. The van der Waals surface area contributed by atoms with Gasteiger partial charge in [-0.05, 0) is 62.4 Å². The Morgan fingerprint density at radius 3 is 2.28 bits per heavy atom. The van der Waals surface area contributed by atoms with Crippen molar-refractivity contribution in [3.05, 3.63) is 35.4 Å². The Kier molecular flexibility index (Phi) is 5.37. The molecule has 0 aromatic heterocycles. The molecule has 1 aromatic rings. The minimum absolute atomic E-state index is 0.0159. The normalized spacial score (nSPS) is 21.1. The van der Waals surface area contributed by atoms with E-state index in [2.05, 4.69) is 10.2 Å². The molecule has 0 radical (unpaired) electrons. The van der Waals surface area contributed by atoms with Crippen LogP contribution in [0.3, 0.4) is 0 Å². The van der Waals surface area contributed by atoms with Crippen LogP contribution >= 0.6 is 0 Å². The fourth-order valence-corrected chi connectivity index (χ4v) is 3.48. The van der Waals surface area contributed by atoms with E-state index in [1.807, 2.05) is 6.92 Å². The van der Waals surface area contributed by atoms with Crippen molar-refractivity contribution in [3.8, 4) is 0 Å². The molecular formula is C19H25F3N2O. The van der Waals surface area contributed by atoms with Crippen LogP contribution < -0.4 is 5.32 Å². The number of piperidine rings is 1. The van der Waals surface area contributed by atoms with Crippen molar-refractivity contribution in [2.75, 3.05) is 19.6 Å². The van der Waals surface area contributed by atoms with Gasteiger partial charge in [0, 0.05) is 18.5 Å². The van der Waals surface area contributed by atoms with Crippen LogP contribution in [0.4, 0.5) is 13.2 Å². The van der Waals surface area contributed by atoms with Crippen molar-refractivity contribution in [3.63, 3.8) is 0 Å². The van der Waals surface area contributed by atoms with Gasteiger partial charge in [-0.1, -0.05) is 19.1 Å². The molecule has 2 aliphatic rings. The number of nitrogens with zero attached hydrogens (tertiary/aromatic N) is 1. The molecule has 25 heavy (non-hydrogen) atoms. The van der Waals surface area contributed by atoms with E-state index in [-0.39, 0.29) is 17.7 Å². The van der Waals surface area contributed by atoms with Crippen molar-refractivity contribution in [1.82, 2.24) is 10.2 Å². The number of carbonyl (C=O) groups excluding carboxylic acids is 1. The summed E-state index contributed by atoms with van der Waals surface area (Å²) in [6, 6.07) is 5.94. The Morgan fingerprint density at radius 1 is 1.16 bits per heavy atom. The van der Waals surface area contributed by atoms with Gasteiger partial charge in [-0.25, -0.2) is 0 Å². The smallest absolute Gasteiger partial charge is 0.355 e. The molecule has 1 atom stereocenters. The molecule has 1 saturated heterocycles. The van der Waals surface area contributed by atoms with E-state index in [0.717, 1.165) is 49.7 Å². The zero-order valence-electron chi connectivity index (χ0n) is 14.5. The standard InChI is InChI=1S/C19H25F3N2O/c1-13(14-2-4-16(5-3-14)19(20,21)22)12-23-18(25)15-8-10-24(11-9-15)17-6-7-17/h2-5,13,15,17H,6-12H2,1H3,(H,23,25). The molecule has 3 rings (SSSR count). The second-order valence-electron chi connectivity index (χ2n) is 7.31. The number of benzene rings is 1. The molecule has 3 nitrogen and oxygen atoms in total. The summed E-state index contributed by atoms with van der Waals surface area (Å²) in [6.45, 7) is 4.36. The highest BCUT2D eigenvalue weighted by atomic mass is 19.4. The van der Waals surface area contributed by atoms with E-state index < -0.39 is 11.7 Å². The first-order valence-corrected chi connectivity index (χ1v) is 9.03. The van der Waals surface area contributed by atoms with Gasteiger partial charge in [0.25, 0.3) is 0 Å². The van der Waals surface area contributed by atoms with Gasteiger partial charge in [0.15, 0.2) is 0 Å². The van der Waals surface area contributed by atoms with Crippen molar-refractivity contribution < 1.29 is 18.0 Å². The monoisotopic (exact) mass is 354 g/mol. The lowest BCUT2D eigenvalue weighted by molar-refractivity contribution is -0.137. The average molecular weight is 354 g/mol. The van der Waals surface area contributed by atoms with E-state index in [4.69, 9.17) is 0 Å². The Hall–Kier alpha value is -1.56. The van der Waals surface area contributed by atoms with Crippen LogP contribution in [-0.2, 0) is 11.0 Å². The van der Waals surface area contributed by atoms with Gasteiger partial charge in [-0.2, -0.15) is 13.2 Å². The quantitative estimate of drug-likeness (QED) is 0.872. The maximum absolute atomic E-state index is 12.6. The van der Waals surface area contributed by atoms with E-state index in [1.54, 1.807) is 0 Å². The predicted molar refractivity (Wildman–Crippen MR) is 90.2 cm³/mol. The van der Waals surface area contributed by atoms with Crippen LogP contribution in [0.25, 0.3) is 0 Å². The zero-order valence-corrected chi connectivity index (χ0v) is 14.5. The highest BCUT2D eigenvalue weighted by molar-refractivity contribution is 5.78. The second kappa shape index (κ2) is 7.36. The third-order valence-corrected chi connectivity index (χ3v) is 5.35. The summed E-state index contributed by atoms with van der Waals surface area (Å²) < 4.78 is 37.8. The maximum Gasteiger partial charge on any atom is 0.416 e. The van der Waals surface area contributed by atoms with Crippen molar-refractivity contribution in [1.29, 1.82) is 0 Å². The molecule has 138 valence electrons. The summed E-state index contributed by atoms with van der Waals surface area (Å²) >= 11 is 0. The van der Waals surface area contributed by atoms with E-state index in [1.165, 1.54) is 25.0 Å². The Bertz CT molecular complexity index is 588. The first-order chi connectivity index (χ1) is 11.8. The largest absolute Gasteiger partial charge is 0.416 e. The fraction of sp³-hybridized carbons (Fsp3) is 0.632. The molecule has 0 spiro atoms. The van der Waals surface area contributed by atoms with Crippen LogP contribution in [0.5, 0.6) is 0 Å². The van der Waals surface area contributed by atoms with E-state index in [9.17, 15) is 18.0 Å². The molecule has 1 aromatic carbocycles. The lowest BCUT2D eigenvalue weighted by atomic mass is 9.95. The highest BCUT2D eigenvalue weighted by Crippen LogP contribution is 2.31. The molecule has 2 fully saturated rings. The van der Waals surface area contributed by atoms with Gasteiger partial charge in [0.1, 0.15) is 0 Å². The summed E-state index contributed by atoms with van der Waals surface area (Å²) in [4.78, 5) is 14.8. The SMILES string of the molecule is CC(CNC(=O)C1CCN(C2CC2)CC1)c1ccc(C(F)(F)F)cc1. The number of carbonyl (C=O) groups is 1. The molecule has 1 heterocycles. The number of hydrogen-bond donors (Lipinski definition) is 1. The van der Waals surface area contributed by atoms with Crippen LogP contribution in [-0.4, -0.2) is 36.5 Å². The van der Waals surface area contributed by atoms with Gasteiger partial charge in [-0.3, -0.25) is 4.79 Å². The van der Waals surface area contributed by atoms with Gasteiger partial charge in [-0.15, -0.1) is 0 Å². The molecule has 1 amide bonds. The minimum Gasteiger partial charge on any atom is -0.355 e. The Labute approximate surface area is 146 Å². The van der Waals surface area contributed by atoms with Gasteiger partial charge in [0.2, 0.25) is 5.91 Å². The Morgan fingerprint density at radius 2 is 1.76 bits per heavy atom. The Balaban J connectivity index is 1.45. The number of amides is 1. The summed E-state index contributed by atoms with van der Waals surface area (Å²) in [6.07, 6.45) is 0.0717. The number of hydrogen-bond acceptors (Lipinski definition) is 2. The van der Waals surface area contributed by atoms with Crippen LogP contribution in [0.15, 0.2) is 24.3 Å². The zero-order chi connectivity index (χ0) is 18.0. The first kappa shape index (κ1) is 18.2. The summed E-state index contributed by atoms with van der Waals surface area (Å²) in [5, 5.41) is 2.98. The van der Waals surface area contributed by atoms with Crippen molar-refractivity contribution in [2.45, 2.75) is 50.7 Å². The molecule has 1 aliphatic heterocycles. The highest BCUT2D eigenvalue weighted by Gasteiger charge is 2.33.